The van der Waals surface area contributed by atoms with Crippen LogP contribution in [0.5, 0.6) is 0 Å². The van der Waals surface area contributed by atoms with Crippen molar-refractivity contribution >= 4 is 5.97 Å². The van der Waals surface area contributed by atoms with Crippen molar-refractivity contribution in [1.29, 1.82) is 0 Å². The van der Waals surface area contributed by atoms with Gasteiger partial charge in [0.2, 0.25) is 0 Å². The SMILES string of the molecule is N[C@@]1(C(=O)O)CC[C@@H]1CO. The van der Waals surface area contributed by atoms with E-state index in [1.54, 1.807) is 0 Å². The summed E-state index contributed by atoms with van der Waals surface area (Å²) in [6, 6.07) is 0. The fraction of sp³-hybridized carbons (Fsp3) is 0.833. The molecule has 10 heavy (non-hydrogen) atoms. The Morgan fingerprint density at radius 3 is 2.50 bits per heavy atom. The van der Waals surface area contributed by atoms with Crippen molar-refractivity contribution in [3.05, 3.63) is 0 Å². The first kappa shape index (κ1) is 7.50. The molecule has 1 rings (SSSR count). The topological polar surface area (TPSA) is 83.6 Å². The van der Waals surface area contributed by atoms with Crippen molar-refractivity contribution in [1.82, 2.24) is 0 Å². The summed E-state index contributed by atoms with van der Waals surface area (Å²) >= 11 is 0. The molecule has 0 heterocycles. The van der Waals surface area contributed by atoms with Gasteiger partial charge in [-0.25, -0.2) is 0 Å². The first-order valence-corrected chi connectivity index (χ1v) is 3.24. The molecule has 0 aliphatic heterocycles. The Labute approximate surface area is 58.6 Å². The van der Waals surface area contributed by atoms with Crippen molar-refractivity contribution in [2.45, 2.75) is 18.4 Å². The van der Waals surface area contributed by atoms with E-state index in [0.717, 1.165) is 6.42 Å². The first-order valence-electron chi connectivity index (χ1n) is 3.24. The Balaban J connectivity index is 2.61. The van der Waals surface area contributed by atoms with E-state index in [4.69, 9.17) is 15.9 Å². The first-order chi connectivity index (χ1) is 4.61. The molecule has 0 aromatic heterocycles. The second-order valence-corrected chi connectivity index (χ2v) is 2.76. The minimum Gasteiger partial charge on any atom is -0.480 e. The maximum absolute atomic E-state index is 10.4. The van der Waals surface area contributed by atoms with Gasteiger partial charge in [-0.05, 0) is 12.8 Å². The fourth-order valence-electron chi connectivity index (χ4n) is 1.20. The number of hydrogen-bond acceptors (Lipinski definition) is 3. The molecule has 4 N–H and O–H groups in total. The molecule has 1 fully saturated rings. The normalized spacial score (nSPS) is 38.8. The molecule has 1 aliphatic rings. The summed E-state index contributed by atoms with van der Waals surface area (Å²) < 4.78 is 0. The van der Waals surface area contributed by atoms with Crippen LogP contribution in [0.4, 0.5) is 0 Å². The molecule has 0 unspecified atom stereocenters. The van der Waals surface area contributed by atoms with E-state index in [1.807, 2.05) is 0 Å². The van der Waals surface area contributed by atoms with Gasteiger partial charge in [-0.15, -0.1) is 0 Å². The zero-order valence-electron chi connectivity index (χ0n) is 5.58. The minimum atomic E-state index is -1.14. The Bertz CT molecular complexity index is 157. The van der Waals surface area contributed by atoms with Gasteiger partial charge < -0.3 is 15.9 Å². The number of nitrogens with two attached hydrogens (primary N) is 1. The maximum atomic E-state index is 10.4. The van der Waals surface area contributed by atoms with E-state index in [0.29, 0.717) is 6.42 Å². The molecule has 1 aliphatic carbocycles. The van der Waals surface area contributed by atoms with Crippen LogP contribution >= 0.6 is 0 Å². The van der Waals surface area contributed by atoms with Gasteiger partial charge in [-0.2, -0.15) is 0 Å². The van der Waals surface area contributed by atoms with E-state index in [1.165, 1.54) is 0 Å². The molecule has 0 radical (unpaired) electrons. The lowest BCUT2D eigenvalue weighted by molar-refractivity contribution is -0.151. The molecule has 0 aromatic carbocycles. The number of carboxylic acids is 1. The Morgan fingerprint density at radius 2 is 2.40 bits per heavy atom. The summed E-state index contributed by atoms with van der Waals surface area (Å²) in [7, 11) is 0. The molecule has 0 amide bonds. The molecule has 4 nitrogen and oxygen atoms in total. The van der Waals surface area contributed by atoms with Gasteiger partial charge in [-0.1, -0.05) is 0 Å². The van der Waals surface area contributed by atoms with Gasteiger partial charge in [0.15, 0.2) is 0 Å². The Morgan fingerprint density at radius 1 is 1.80 bits per heavy atom. The van der Waals surface area contributed by atoms with Crippen LogP contribution in [0.1, 0.15) is 12.8 Å². The molecule has 0 bridgehead atoms. The van der Waals surface area contributed by atoms with E-state index in [2.05, 4.69) is 0 Å². The fourth-order valence-corrected chi connectivity index (χ4v) is 1.20. The molecule has 0 saturated heterocycles. The lowest BCUT2D eigenvalue weighted by atomic mass is 9.68. The van der Waals surface area contributed by atoms with Crippen LogP contribution in [0.15, 0.2) is 0 Å². The lowest BCUT2D eigenvalue weighted by Gasteiger charge is -2.41. The van der Waals surface area contributed by atoms with Crippen LogP contribution in [0.3, 0.4) is 0 Å². The van der Waals surface area contributed by atoms with Crippen LogP contribution in [0.25, 0.3) is 0 Å². The van der Waals surface area contributed by atoms with Crippen LogP contribution in [0, 0.1) is 5.92 Å². The minimum absolute atomic E-state index is 0.122. The van der Waals surface area contributed by atoms with E-state index >= 15 is 0 Å². The molecule has 2 atom stereocenters. The third-order valence-electron chi connectivity index (χ3n) is 2.25. The quantitative estimate of drug-likeness (QED) is 0.473. The average molecular weight is 145 g/mol. The standard InChI is InChI=1S/C6H11NO3/c7-6(5(9)10)2-1-4(6)3-8/h4,8H,1-3,7H2,(H,9,10)/t4-,6+/m1/s1. The summed E-state index contributed by atoms with van der Waals surface area (Å²) in [5.41, 5.74) is 4.30. The highest BCUT2D eigenvalue weighted by molar-refractivity contribution is 5.80. The number of hydrogen-bond donors (Lipinski definition) is 3. The summed E-state index contributed by atoms with van der Waals surface area (Å²) in [5, 5.41) is 17.2. The Kier molecular flexibility index (Phi) is 1.66. The van der Waals surface area contributed by atoms with Gasteiger partial charge in [0.25, 0.3) is 0 Å². The van der Waals surface area contributed by atoms with E-state index in [-0.39, 0.29) is 12.5 Å². The summed E-state index contributed by atoms with van der Waals surface area (Å²) in [5.74, 6) is -1.25. The molecule has 58 valence electrons. The van der Waals surface area contributed by atoms with Crippen molar-refractivity contribution in [3.63, 3.8) is 0 Å². The third-order valence-corrected chi connectivity index (χ3v) is 2.25. The van der Waals surface area contributed by atoms with Gasteiger partial charge in [0.05, 0.1) is 0 Å². The second-order valence-electron chi connectivity index (χ2n) is 2.76. The molecular weight excluding hydrogens is 134 g/mol. The maximum Gasteiger partial charge on any atom is 0.324 e. The second kappa shape index (κ2) is 2.21. The van der Waals surface area contributed by atoms with Crippen molar-refractivity contribution in [2.24, 2.45) is 11.7 Å². The molecular formula is C6H11NO3. The van der Waals surface area contributed by atoms with Crippen molar-refractivity contribution in [3.8, 4) is 0 Å². The number of carbonyl (C=O) groups is 1. The predicted molar refractivity (Wildman–Crippen MR) is 34.4 cm³/mol. The smallest absolute Gasteiger partial charge is 0.324 e. The number of aliphatic hydroxyl groups excluding tert-OH is 1. The van der Waals surface area contributed by atoms with Crippen LogP contribution < -0.4 is 5.73 Å². The zero-order chi connectivity index (χ0) is 7.78. The third kappa shape index (κ3) is 0.803. The monoisotopic (exact) mass is 145 g/mol. The summed E-state index contributed by atoms with van der Waals surface area (Å²) in [4.78, 5) is 10.4. The van der Waals surface area contributed by atoms with Gasteiger partial charge in [0, 0.05) is 12.5 Å². The van der Waals surface area contributed by atoms with Crippen molar-refractivity contribution < 1.29 is 15.0 Å². The lowest BCUT2D eigenvalue weighted by Crippen LogP contribution is -2.61. The van der Waals surface area contributed by atoms with Gasteiger partial charge in [-0.3, -0.25) is 4.79 Å². The van der Waals surface area contributed by atoms with Crippen molar-refractivity contribution in [2.75, 3.05) is 6.61 Å². The highest BCUT2D eigenvalue weighted by Gasteiger charge is 2.49. The van der Waals surface area contributed by atoms with E-state index < -0.39 is 11.5 Å². The molecule has 1 saturated carbocycles. The molecule has 0 aromatic rings. The number of aliphatic carboxylic acids is 1. The Hall–Kier alpha value is -0.610. The number of carboxylic acid groups (broad SMARTS) is 1. The summed E-state index contributed by atoms with van der Waals surface area (Å²) in [6.07, 6.45) is 1.20. The van der Waals surface area contributed by atoms with E-state index in [9.17, 15) is 4.79 Å². The van der Waals surface area contributed by atoms with Crippen LogP contribution in [-0.2, 0) is 4.79 Å². The highest BCUT2D eigenvalue weighted by Crippen LogP contribution is 2.35. The molecule has 4 heteroatoms. The largest absolute Gasteiger partial charge is 0.480 e. The van der Waals surface area contributed by atoms with Crippen LogP contribution in [-0.4, -0.2) is 28.3 Å². The van der Waals surface area contributed by atoms with Gasteiger partial charge in [0.1, 0.15) is 5.54 Å². The zero-order valence-corrected chi connectivity index (χ0v) is 5.58. The highest BCUT2D eigenvalue weighted by atomic mass is 16.4. The number of rotatable bonds is 2. The molecule has 0 spiro atoms. The van der Waals surface area contributed by atoms with Gasteiger partial charge >= 0.3 is 5.97 Å². The predicted octanol–water partition coefficient (Wildman–Crippen LogP) is -0.829. The van der Waals surface area contributed by atoms with Crippen LogP contribution in [0.2, 0.25) is 0 Å². The summed E-state index contributed by atoms with van der Waals surface area (Å²) in [6.45, 7) is -0.122. The average Bonchev–Trinajstić information content (AvgIpc) is 1.85. The number of aliphatic hydroxyl groups is 1.